The van der Waals surface area contributed by atoms with Crippen molar-refractivity contribution in [1.29, 1.82) is 0 Å². The average molecular weight is 371 g/mol. The van der Waals surface area contributed by atoms with E-state index in [4.69, 9.17) is 16.3 Å². The van der Waals surface area contributed by atoms with Gasteiger partial charge in [-0.3, -0.25) is 9.79 Å². The van der Waals surface area contributed by atoms with Crippen molar-refractivity contribution in [2.75, 3.05) is 6.61 Å². The molecule has 1 aromatic carbocycles. The van der Waals surface area contributed by atoms with E-state index < -0.39 is 0 Å². The van der Waals surface area contributed by atoms with E-state index in [1.165, 1.54) is 11.1 Å². The minimum atomic E-state index is -0.195. The number of allylic oxidation sites excluding steroid dienone is 2. The van der Waals surface area contributed by atoms with Crippen LogP contribution in [0.4, 0.5) is 0 Å². The zero-order valence-electron chi connectivity index (χ0n) is 14.4. The highest BCUT2D eigenvalue weighted by Crippen LogP contribution is 2.27. The molecule has 1 amide bonds. The number of ether oxygens (including phenoxy) is 1. The van der Waals surface area contributed by atoms with Gasteiger partial charge in [-0.05, 0) is 31.9 Å². The second-order valence-corrected chi connectivity index (χ2v) is 6.80. The highest BCUT2D eigenvalue weighted by atomic mass is 35.5. The number of amides is 1. The highest BCUT2D eigenvalue weighted by molar-refractivity contribution is 6.31. The number of carbonyl (C=O) groups is 1. The third-order valence-electron chi connectivity index (χ3n) is 4.55. The van der Waals surface area contributed by atoms with E-state index in [0.29, 0.717) is 17.2 Å². The van der Waals surface area contributed by atoms with Crippen LogP contribution in [-0.2, 0) is 4.79 Å². The molecule has 0 radical (unpaired) electrons. The third kappa shape index (κ3) is 3.24. The molecule has 1 unspecified atom stereocenters. The van der Waals surface area contributed by atoms with Crippen molar-refractivity contribution in [3.63, 3.8) is 0 Å². The first-order valence-corrected chi connectivity index (χ1v) is 8.98. The van der Waals surface area contributed by atoms with Gasteiger partial charge in [0.1, 0.15) is 18.5 Å². The number of fused-ring (bicyclic) bond motifs is 1. The second-order valence-electron chi connectivity index (χ2n) is 6.39. The summed E-state index contributed by atoms with van der Waals surface area (Å²) in [7, 11) is 0. The molecule has 3 aliphatic rings. The molecule has 7 heteroatoms. The molecule has 0 bridgehead atoms. The van der Waals surface area contributed by atoms with E-state index in [1.54, 1.807) is 0 Å². The maximum absolute atomic E-state index is 12.4. The van der Waals surface area contributed by atoms with Crippen LogP contribution in [-0.4, -0.2) is 35.6 Å². The molecule has 1 aromatic rings. The molecule has 0 saturated carbocycles. The van der Waals surface area contributed by atoms with E-state index >= 15 is 0 Å². The molecule has 0 aromatic heterocycles. The summed E-state index contributed by atoms with van der Waals surface area (Å²) in [6, 6.07) is 5.53. The standard InChI is InChI=1S/C19H19ClN4O2/c1-12-14(20)5-4-7-17(12)26-11-13-9-19(25)24-18(22-13)10-16(23-24)15-6-2-3-8-21-15/h4-9,18,22H,2-3,10-11H2,1H3. The fraction of sp³-hybridized carbons (Fsp3) is 0.316. The van der Waals surface area contributed by atoms with Crippen LogP contribution in [0.1, 0.15) is 24.8 Å². The Hall–Kier alpha value is -2.60. The second kappa shape index (κ2) is 6.96. The van der Waals surface area contributed by atoms with Gasteiger partial charge >= 0.3 is 0 Å². The summed E-state index contributed by atoms with van der Waals surface area (Å²) >= 11 is 6.12. The van der Waals surface area contributed by atoms with Crippen molar-refractivity contribution in [2.24, 2.45) is 10.1 Å². The first kappa shape index (κ1) is 16.8. The lowest BCUT2D eigenvalue weighted by atomic mass is 10.1. The van der Waals surface area contributed by atoms with Gasteiger partial charge < -0.3 is 10.1 Å². The number of halogens is 1. The summed E-state index contributed by atoms with van der Waals surface area (Å²) in [5.41, 5.74) is 3.32. The molecule has 0 aliphatic carbocycles. The summed E-state index contributed by atoms with van der Waals surface area (Å²) in [5, 5.41) is 9.92. The van der Waals surface area contributed by atoms with Crippen molar-refractivity contribution in [1.82, 2.24) is 10.3 Å². The fourth-order valence-corrected chi connectivity index (χ4v) is 3.30. The first-order valence-electron chi connectivity index (χ1n) is 8.60. The van der Waals surface area contributed by atoms with Gasteiger partial charge in [-0.2, -0.15) is 5.10 Å². The molecule has 4 rings (SSSR count). The molecular formula is C19H19ClN4O2. The summed E-state index contributed by atoms with van der Waals surface area (Å²) in [4.78, 5) is 16.8. The predicted octanol–water partition coefficient (Wildman–Crippen LogP) is 3.18. The molecule has 3 aliphatic heterocycles. The largest absolute Gasteiger partial charge is 0.487 e. The molecule has 0 saturated heterocycles. The molecule has 1 atom stereocenters. The van der Waals surface area contributed by atoms with Crippen LogP contribution in [0.25, 0.3) is 0 Å². The summed E-state index contributed by atoms with van der Waals surface area (Å²) < 4.78 is 5.84. The lowest BCUT2D eigenvalue weighted by Gasteiger charge is -2.28. The lowest BCUT2D eigenvalue weighted by molar-refractivity contribution is -0.129. The Balaban J connectivity index is 1.43. The smallest absolute Gasteiger partial charge is 0.270 e. The number of nitrogens with zero attached hydrogens (tertiary/aromatic N) is 3. The van der Waals surface area contributed by atoms with Gasteiger partial charge in [0.05, 0.1) is 17.1 Å². The number of benzene rings is 1. The van der Waals surface area contributed by atoms with Crippen LogP contribution in [0.15, 0.2) is 51.8 Å². The van der Waals surface area contributed by atoms with Crippen molar-refractivity contribution in [2.45, 2.75) is 32.4 Å². The van der Waals surface area contributed by atoms with Crippen LogP contribution in [0.3, 0.4) is 0 Å². The predicted molar refractivity (Wildman–Crippen MR) is 101 cm³/mol. The number of hydrazone groups is 1. The van der Waals surface area contributed by atoms with E-state index in [1.807, 2.05) is 31.3 Å². The fourth-order valence-electron chi connectivity index (χ4n) is 3.14. The number of hydrogen-bond donors (Lipinski definition) is 1. The van der Waals surface area contributed by atoms with Crippen LogP contribution in [0.5, 0.6) is 5.75 Å². The third-order valence-corrected chi connectivity index (χ3v) is 4.96. The molecule has 26 heavy (non-hydrogen) atoms. The van der Waals surface area contributed by atoms with Gasteiger partial charge in [0.15, 0.2) is 0 Å². The summed E-state index contributed by atoms with van der Waals surface area (Å²) in [6.45, 7) is 2.18. The van der Waals surface area contributed by atoms with Crippen LogP contribution >= 0.6 is 11.6 Å². The Bertz CT molecular complexity index is 872. The summed E-state index contributed by atoms with van der Waals surface area (Å²) in [6.07, 6.45) is 7.84. The van der Waals surface area contributed by atoms with E-state index in [0.717, 1.165) is 35.5 Å². The average Bonchev–Trinajstić information content (AvgIpc) is 3.08. The molecule has 0 fully saturated rings. The topological polar surface area (TPSA) is 66.3 Å². The van der Waals surface area contributed by atoms with Crippen LogP contribution in [0, 0.1) is 6.92 Å². The van der Waals surface area contributed by atoms with E-state index in [2.05, 4.69) is 21.5 Å². The Morgan fingerprint density at radius 2 is 2.27 bits per heavy atom. The SMILES string of the molecule is Cc1c(Cl)cccc1OCC1=CC(=O)N2N=C(C3=CCCC=N3)CC2N1. The van der Waals surface area contributed by atoms with Gasteiger partial charge in [0, 0.05) is 29.3 Å². The Labute approximate surface area is 156 Å². The van der Waals surface area contributed by atoms with Crippen molar-refractivity contribution >= 4 is 29.4 Å². The highest BCUT2D eigenvalue weighted by Gasteiger charge is 2.35. The lowest BCUT2D eigenvalue weighted by Crippen LogP contribution is -2.47. The van der Waals surface area contributed by atoms with Crippen LogP contribution in [0.2, 0.25) is 5.02 Å². The zero-order chi connectivity index (χ0) is 18.1. The minimum absolute atomic E-state index is 0.148. The minimum Gasteiger partial charge on any atom is -0.487 e. The maximum atomic E-state index is 12.4. The monoisotopic (exact) mass is 370 g/mol. The van der Waals surface area contributed by atoms with Crippen LogP contribution < -0.4 is 10.1 Å². The maximum Gasteiger partial charge on any atom is 0.270 e. The molecule has 1 N–H and O–H groups in total. The quantitative estimate of drug-likeness (QED) is 0.885. The van der Waals surface area contributed by atoms with Crippen molar-refractivity contribution < 1.29 is 9.53 Å². The van der Waals surface area contributed by atoms with Crippen molar-refractivity contribution in [3.05, 3.63) is 52.3 Å². The zero-order valence-corrected chi connectivity index (χ0v) is 15.2. The number of carbonyl (C=O) groups excluding carboxylic acids is 1. The Morgan fingerprint density at radius 1 is 1.38 bits per heavy atom. The molecule has 0 spiro atoms. The summed E-state index contributed by atoms with van der Waals surface area (Å²) in [5.74, 6) is 0.561. The normalized spacial score (nSPS) is 21.6. The van der Waals surface area contributed by atoms with Gasteiger partial charge in [-0.1, -0.05) is 23.7 Å². The number of aliphatic imine (C=N–C) groups is 1. The van der Waals surface area contributed by atoms with E-state index in [9.17, 15) is 4.79 Å². The molecular weight excluding hydrogens is 352 g/mol. The van der Waals surface area contributed by atoms with Gasteiger partial charge in [0.2, 0.25) is 0 Å². The first-order chi connectivity index (χ1) is 12.6. The number of hydrogen-bond acceptors (Lipinski definition) is 5. The molecule has 134 valence electrons. The molecule has 3 heterocycles. The number of nitrogens with one attached hydrogen (secondary N) is 1. The van der Waals surface area contributed by atoms with Gasteiger partial charge in [-0.25, -0.2) is 5.01 Å². The van der Waals surface area contributed by atoms with Crippen molar-refractivity contribution in [3.8, 4) is 5.75 Å². The van der Waals surface area contributed by atoms with E-state index in [-0.39, 0.29) is 18.7 Å². The number of rotatable bonds is 4. The molecule has 6 nitrogen and oxygen atoms in total. The Morgan fingerprint density at radius 3 is 3.08 bits per heavy atom. The Kier molecular flexibility index (Phi) is 4.51. The van der Waals surface area contributed by atoms with Gasteiger partial charge in [0.25, 0.3) is 5.91 Å². The van der Waals surface area contributed by atoms with Gasteiger partial charge in [-0.15, -0.1) is 0 Å².